The van der Waals surface area contributed by atoms with Crippen LogP contribution in [0.3, 0.4) is 0 Å². The summed E-state index contributed by atoms with van der Waals surface area (Å²) in [4.78, 5) is 12.5. The van der Waals surface area contributed by atoms with E-state index in [-0.39, 0.29) is 11.7 Å². The molecule has 9 nitrogen and oxygen atoms in total. The third-order valence-electron chi connectivity index (χ3n) is 5.38. The van der Waals surface area contributed by atoms with E-state index in [1.807, 2.05) is 83.4 Å². The smallest absolute Gasteiger partial charge is 0.250 e. The number of halogens is 1. The third kappa shape index (κ3) is 7.06. The molecule has 0 radical (unpaired) electrons. The molecule has 0 bridgehead atoms. The van der Waals surface area contributed by atoms with E-state index in [1.54, 1.807) is 21.3 Å². The molecule has 0 fully saturated rings. The molecular formula is C28H26BrN5O4S. The molecule has 3 aromatic carbocycles. The number of rotatable bonds is 11. The van der Waals surface area contributed by atoms with Crippen LogP contribution in [0, 0.1) is 0 Å². The number of ether oxygens (including phenoxy) is 3. The molecule has 1 N–H and O–H groups in total. The van der Waals surface area contributed by atoms with Crippen molar-refractivity contribution in [3.05, 3.63) is 82.8 Å². The zero-order valence-electron chi connectivity index (χ0n) is 21.5. The van der Waals surface area contributed by atoms with Crippen LogP contribution < -0.4 is 19.6 Å². The Balaban J connectivity index is 1.54. The van der Waals surface area contributed by atoms with Gasteiger partial charge in [0.05, 0.1) is 33.3 Å². The average molecular weight is 609 g/mol. The summed E-state index contributed by atoms with van der Waals surface area (Å²) in [7, 11) is 4.66. The van der Waals surface area contributed by atoms with E-state index < -0.39 is 0 Å². The molecule has 4 rings (SSSR count). The predicted octanol–water partition coefficient (Wildman–Crippen LogP) is 5.59. The number of benzene rings is 3. The quantitative estimate of drug-likeness (QED) is 0.135. The zero-order valence-corrected chi connectivity index (χ0v) is 23.9. The summed E-state index contributed by atoms with van der Waals surface area (Å²) in [5.41, 5.74) is 5.10. The van der Waals surface area contributed by atoms with Crippen LogP contribution >= 0.6 is 27.7 Å². The molecule has 0 atom stereocenters. The molecule has 0 aliphatic rings. The first kappa shape index (κ1) is 27.9. The van der Waals surface area contributed by atoms with Gasteiger partial charge in [0.2, 0.25) is 5.75 Å². The highest BCUT2D eigenvalue weighted by Crippen LogP contribution is 2.41. The molecule has 0 saturated heterocycles. The number of amides is 1. The van der Waals surface area contributed by atoms with E-state index in [2.05, 4.69) is 36.7 Å². The number of para-hydroxylation sites is 1. The molecule has 0 saturated carbocycles. The Kier molecular flexibility index (Phi) is 9.76. The van der Waals surface area contributed by atoms with Crippen molar-refractivity contribution in [2.24, 2.45) is 5.10 Å². The number of carbonyl (C=O) groups excluding carboxylic acids is 1. The summed E-state index contributed by atoms with van der Waals surface area (Å²) >= 11 is 4.68. The predicted molar refractivity (Wildman–Crippen MR) is 157 cm³/mol. The van der Waals surface area contributed by atoms with Gasteiger partial charge in [-0.15, -0.1) is 10.2 Å². The number of allylic oxidation sites excluding steroid dienone is 1. The Morgan fingerprint density at radius 2 is 1.62 bits per heavy atom. The van der Waals surface area contributed by atoms with E-state index >= 15 is 0 Å². The monoisotopic (exact) mass is 607 g/mol. The second-order valence-electron chi connectivity index (χ2n) is 7.91. The molecule has 0 spiro atoms. The van der Waals surface area contributed by atoms with Gasteiger partial charge in [-0.1, -0.05) is 60.3 Å². The van der Waals surface area contributed by atoms with E-state index in [9.17, 15) is 4.79 Å². The van der Waals surface area contributed by atoms with E-state index in [0.29, 0.717) is 33.8 Å². The van der Waals surface area contributed by atoms with Gasteiger partial charge in [-0.05, 0) is 51.8 Å². The fraction of sp³-hybridized carbons (Fsp3) is 0.143. The normalized spacial score (nSPS) is 11.4. The van der Waals surface area contributed by atoms with Crippen LogP contribution in [0.25, 0.3) is 23.2 Å². The number of nitrogens with zero attached hydrogens (tertiary/aromatic N) is 4. The first-order valence-corrected chi connectivity index (χ1v) is 13.5. The molecule has 0 aliphatic carbocycles. The minimum absolute atomic E-state index is 0.0809. The molecule has 39 heavy (non-hydrogen) atoms. The lowest BCUT2D eigenvalue weighted by Gasteiger charge is -2.15. The average Bonchev–Trinajstić information content (AvgIpc) is 3.40. The van der Waals surface area contributed by atoms with Gasteiger partial charge in [-0.3, -0.25) is 9.36 Å². The van der Waals surface area contributed by atoms with Crippen molar-refractivity contribution in [3.8, 4) is 34.3 Å². The van der Waals surface area contributed by atoms with Gasteiger partial charge in [-0.25, -0.2) is 5.43 Å². The number of nitrogens with one attached hydrogen (secondary N) is 1. The second-order valence-corrected chi connectivity index (χ2v) is 9.77. The summed E-state index contributed by atoms with van der Waals surface area (Å²) in [5.74, 6) is 1.82. The molecule has 1 heterocycles. The lowest BCUT2D eigenvalue weighted by atomic mass is 10.1. The maximum atomic E-state index is 12.5. The molecule has 200 valence electrons. The van der Waals surface area contributed by atoms with Crippen LogP contribution in [-0.4, -0.2) is 54.0 Å². The van der Waals surface area contributed by atoms with Gasteiger partial charge in [0.1, 0.15) is 0 Å². The summed E-state index contributed by atoms with van der Waals surface area (Å²) in [6.07, 6.45) is 3.43. The lowest BCUT2D eigenvalue weighted by molar-refractivity contribution is -0.118. The number of carbonyl (C=O) groups is 1. The molecule has 1 aromatic heterocycles. The Morgan fingerprint density at radius 1 is 0.974 bits per heavy atom. The van der Waals surface area contributed by atoms with Gasteiger partial charge in [-0.2, -0.15) is 5.10 Å². The molecule has 0 aliphatic heterocycles. The van der Waals surface area contributed by atoms with Gasteiger partial charge in [0, 0.05) is 15.7 Å². The molecule has 11 heteroatoms. The standard InChI is InChI=1S/C28H26BrN5O4S/c1-36-23-15-20(16-24(37-2)26(23)38-3)27-32-33-28(34(27)22-12-8-5-9-13-22)39-18-25(35)31-30-17-21(29)14-19-10-6-4-7-11-19/h4-17H,18H2,1-3H3,(H,31,35)/b21-14-,30-17+. The van der Waals surface area contributed by atoms with Crippen molar-refractivity contribution in [1.29, 1.82) is 0 Å². The van der Waals surface area contributed by atoms with Crippen LogP contribution in [0.15, 0.2) is 87.5 Å². The van der Waals surface area contributed by atoms with Crippen molar-refractivity contribution in [2.45, 2.75) is 5.16 Å². The molecular weight excluding hydrogens is 582 g/mol. The number of aromatic nitrogens is 3. The fourth-order valence-electron chi connectivity index (χ4n) is 3.64. The van der Waals surface area contributed by atoms with Crippen LogP contribution in [0.4, 0.5) is 0 Å². The first-order chi connectivity index (χ1) is 19.0. The topological polar surface area (TPSA) is 99.9 Å². The third-order valence-corrected chi connectivity index (χ3v) is 6.75. The van der Waals surface area contributed by atoms with Crippen LogP contribution in [-0.2, 0) is 4.79 Å². The van der Waals surface area contributed by atoms with Crippen LogP contribution in [0.2, 0.25) is 0 Å². The zero-order chi connectivity index (χ0) is 27.6. The largest absolute Gasteiger partial charge is 0.493 e. The van der Waals surface area contributed by atoms with Crippen molar-refractivity contribution in [2.75, 3.05) is 27.1 Å². The Hall–Kier alpha value is -4.09. The van der Waals surface area contributed by atoms with Crippen LogP contribution in [0.1, 0.15) is 5.56 Å². The number of hydrogen-bond acceptors (Lipinski definition) is 8. The van der Waals surface area contributed by atoms with Crippen molar-refractivity contribution in [3.63, 3.8) is 0 Å². The number of thioether (sulfide) groups is 1. The van der Waals surface area contributed by atoms with Gasteiger partial charge in [0.15, 0.2) is 22.5 Å². The van der Waals surface area contributed by atoms with E-state index in [0.717, 1.165) is 15.7 Å². The SMILES string of the molecule is COc1cc(-c2nnc(SCC(=O)N/N=C/C(Br)=C/c3ccccc3)n2-c2ccccc2)cc(OC)c1OC. The maximum Gasteiger partial charge on any atom is 0.250 e. The van der Waals surface area contributed by atoms with Gasteiger partial charge < -0.3 is 14.2 Å². The lowest BCUT2D eigenvalue weighted by Crippen LogP contribution is -2.19. The van der Waals surface area contributed by atoms with Gasteiger partial charge >= 0.3 is 0 Å². The summed E-state index contributed by atoms with van der Waals surface area (Å²) in [5, 5.41) is 13.4. The minimum Gasteiger partial charge on any atom is -0.493 e. The number of methoxy groups -OCH3 is 3. The van der Waals surface area contributed by atoms with Crippen molar-refractivity contribution >= 4 is 45.9 Å². The highest BCUT2D eigenvalue weighted by molar-refractivity contribution is 9.12. The number of hydrazone groups is 1. The second kappa shape index (κ2) is 13.6. The van der Waals surface area contributed by atoms with Crippen LogP contribution in [0.5, 0.6) is 17.2 Å². The molecule has 1 amide bonds. The molecule has 0 unspecified atom stereocenters. The Labute approximate surface area is 239 Å². The first-order valence-electron chi connectivity index (χ1n) is 11.7. The molecule has 4 aromatic rings. The Bertz CT molecular complexity index is 1450. The van der Waals surface area contributed by atoms with E-state index in [4.69, 9.17) is 14.2 Å². The summed E-state index contributed by atoms with van der Waals surface area (Å²) < 4.78 is 19.1. The summed E-state index contributed by atoms with van der Waals surface area (Å²) in [6, 6.07) is 23.1. The van der Waals surface area contributed by atoms with Crippen molar-refractivity contribution in [1.82, 2.24) is 20.2 Å². The van der Waals surface area contributed by atoms with E-state index in [1.165, 1.54) is 18.0 Å². The highest BCUT2D eigenvalue weighted by atomic mass is 79.9. The maximum absolute atomic E-state index is 12.5. The number of hydrogen-bond donors (Lipinski definition) is 1. The highest BCUT2D eigenvalue weighted by Gasteiger charge is 2.21. The van der Waals surface area contributed by atoms with Crippen molar-refractivity contribution < 1.29 is 19.0 Å². The van der Waals surface area contributed by atoms with Gasteiger partial charge in [0.25, 0.3) is 5.91 Å². The summed E-state index contributed by atoms with van der Waals surface area (Å²) in [6.45, 7) is 0. The minimum atomic E-state index is -0.284. The Morgan fingerprint density at radius 3 is 2.23 bits per heavy atom. The fourth-order valence-corrected chi connectivity index (χ4v) is 4.76.